The van der Waals surface area contributed by atoms with Crippen molar-refractivity contribution < 1.29 is 36.7 Å². The van der Waals surface area contributed by atoms with Crippen molar-refractivity contribution in [2.45, 2.75) is 13.8 Å². The summed E-state index contributed by atoms with van der Waals surface area (Å²) in [5.41, 5.74) is 0.451. The van der Waals surface area contributed by atoms with Crippen molar-refractivity contribution in [1.82, 2.24) is 0 Å². The molecule has 6 heteroatoms. The number of ether oxygens (including phenoxy) is 1. The predicted octanol–water partition coefficient (Wildman–Crippen LogP) is -2.85. The first-order chi connectivity index (χ1) is 7.68. The summed E-state index contributed by atoms with van der Waals surface area (Å²) in [5.74, 6) is -1.29. The SMILES string of the molecule is C=C(C)C(=O)OCC.C=CC(=O)O.C[NH+](C)C.[Cl-]. The van der Waals surface area contributed by atoms with Crippen molar-refractivity contribution in [2.75, 3.05) is 27.7 Å². The largest absolute Gasteiger partial charge is 1.00 e. The van der Waals surface area contributed by atoms with Crippen LogP contribution in [0.3, 0.4) is 0 Å². The van der Waals surface area contributed by atoms with Gasteiger partial charge in [-0.05, 0) is 13.8 Å². The van der Waals surface area contributed by atoms with E-state index in [0.717, 1.165) is 6.08 Å². The number of quaternary nitrogens is 1. The average Bonchev–Trinajstić information content (AvgIpc) is 2.18. The number of carboxylic acids is 1. The molecule has 0 aliphatic carbocycles. The molecule has 0 aliphatic rings. The molecule has 108 valence electrons. The monoisotopic (exact) mass is 281 g/mol. The van der Waals surface area contributed by atoms with Gasteiger partial charge in [-0.25, -0.2) is 9.59 Å². The highest BCUT2D eigenvalue weighted by molar-refractivity contribution is 5.86. The molecule has 2 N–H and O–H groups in total. The Morgan fingerprint density at radius 2 is 1.61 bits per heavy atom. The molecule has 0 heterocycles. The summed E-state index contributed by atoms with van der Waals surface area (Å²) in [4.78, 5) is 21.1. The van der Waals surface area contributed by atoms with Gasteiger partial charge >= 0.3 is 11.9 Å². The van der Waals surface area contributed by atoms with Crippen LogP contribution in [0.4, 0.5) is 0 Å². The van der Waals surface area contributed by atoms with Crippen LogP contribution >= 0.6 is 0 Å². The molecule has 0 fully saturated rings. The molecule has 0 aliphatic heterocycles. The zero-order valence-electron chi connectivity index (χ0n) is 11.7. The Labute approximate surface area is 116 Å². The smallest absolute Gasteiger partial charge is 0.333 e. The Hall–Kier alpha value is -1.33. The Balaban J connectivity index is -0.0000000855. The summed E-state index contributed by atoms with van der Waals surface area (Å²) in [6.07, 6.45) is 0.833. The highest BCUT2D eigenvalue weighted by atomic mass is 35.5. The third-order valence-corrected chi connectivity index (χ3v) is 0.799. The summed E-state index contributed by atoms with van der Waals surface area (Å²) in [7, 11) is 6.25. The third-order valence-electron chi connectivity index (χ3n) is 0.799. The second kappa shape index (κ2) is 18.0. The highest BCUT2D eigenvalue weighted by Crippen LogP contribution is 1.89. The summed E-state index contributed by atoms with van der Waals surface area (Å²) in [5, 5.41) is 7.60. The zero-order chi connectivity index (χ0) is 14.4. The topological polar surface area (TPSA) is 68.0 Å². The number of carboxylic acid groups (broad SMARTS) is 1. The minimum Gasteiger partial charge on any atom is -1.00 e. The van der Waals surface area contributed by atoms with E-state index in [1.54, 1.807) is 13.8 Å². The van der Waals surface area contributed by atoms with Gasteiger partial charge in [0.15, 0.2) is 0 Å². The van der Waals surface area contributed by atoms with Gasteiger partial charge in [-0.2, -0.15) is 0 Å². The molecule has 5 nitrogen and oxygen atoms in total. The maximum absolute atomic E-state index is 10.4. The van der Waals surface area contributed by atoms with E-state index in [4.69, 9.17) is 5.11 Å². The molecule has 0 bridgehead atoms. The fraction of sp³-hybridized carbons (Fsp3) is 0.500. The fourth-order valence-corrected chi connectivity index (χ4v) is 0.254. The molecule has 0 unspecified atom stereocenters. The molecule has 0 aromatic heterocycles. The van der Waals surface area contributed by atoms with Crippen LogP contribution in [-0.4, -0.2) is 44.8 Å². The molecule has 0 rings (SSSR count). The number of hydrogen-bond donors (Lipinski definition) is 2. The van der Waals surface area contributed by atoms with Crippen LogP contribution in [0.25, 0.3) is 0 Å². The van der Waals surface area contributed by atoms with Gasteiger partial charge in [0.05, 0.1) is 27.7 Å². The standard InChI is InChI=1S/C6H10O2.C3H9N.C3H4O2.ClH/c1-4-8-6(7)5(2)3;1-4(2)3;1-2-3(4)5;/h2,4H2,1,3H3;1-3H3;2H,1H2,(H,4,5);1H. The molecule has 0 aromatic carbocycles. The number of rotatable bonds is 3. The van der Waals surface area contributed by atoms with E-state index in [1.807, 2.05) is 0 Å². The van der Waals surface area contributed by atoms with Crippen LogP contribution < -0.4 is 17.3 Å². The van der Waals surface area contributed by atoms with Gasteiger partial charge in [0.2, 0.25) is 0 Å². The number of carbonyl (C=O) groups excluding carboxylic acids is 1. The molecule has 0 amide bonds. The Bertz CT molecular complexity index is 250. The Morgan fingerprint density at radius 1 is 1.33 bits per heavy atom. The van der Waals surface area contributed by atoms with E-state index in [-0.39, 0.29) is 18.4 Å². The van der Waals surface area contributed by atoms with Crippen molar-refractivity contribution in [3.8, 4) is 0 Å². The lowest BCUT2D eigenvalue weighted by atomic mass is 10.4. The Kier molecular flexibility index (Phi) is 25.6. The number of nitrogens with one attached hydrogen (secondary N) is 1. The maximum Gasteiger partial charge on any atom is 0.333 e. The molecular formula is C12H24ClNO4. The van der Waals surface area contributed by atoms with Crippen LogP contribution in [0.5, 0.6) is 0 Å². The highest BCUT2D eigenvalue weighted by Gasteiger charge is 1.98. The molecule has 0 spiro atoms. The van der Waals surface area contributed by atoms with Gasteiger partial charge in [0.1, 0.15) is 0 Å². The van der Waals surface area contributed by atoms with Gasteiger partial charge in [0.25, 0.3) is 0 Å². The quantitative estimate of drug-likeness (QED) is 0.432. The molecule has 0 atom stereocenters. The second-order valence-corrected chi connectivity index (χ2v) is 3.54. The molecule has 18 heavy (non-hydrogen) atoms. The van der Waals surface area contributed by atoms with E-state index in [1.165, 1.54) is 4.90 Å². The lowest BCUT2D eigenvalue weighted by Gasteiger charge is -1.96. The third kappa shape index (κ3) is 46.6. The minimum atomic E-state index is -0.981. The van der Waals surface area contributed by atoms with Gasteiger partial charge in [0, 0.05) is 11.6 Å². The zero-order valence-corrected chi connectivity index (χ0v) is 12.5. The summed E-state index contributed by atoms with van der Waals surface area (Å²) in [6.45, 7) is 10.2. The first-order valence-electron chi connectivity index (χ1n) is 5.13. The lowest BCUT2D eigenvalue weighted by Crippen LogP contribution is -3.02. The molecular weight excluding hydrogens is 258 g/mol. The van der Waals surface area contributed by atoms with E-state index in [2.05, 4.69) is 39.0 Å². The summed E-state index contributed by atoms with van der Waals surface area (Å²) in [6, 6.07) is 0. The Morgan fingerprint density at radius 3 is 1.67 bits per heavy atom. The van der Waals surface area contributed by atoms with Crippen molar-refractivity contribution in [2.24, 2.45) is 0 Å². The minimum absolute atomic E-state index is 0. The van der Waals surface area contributed by atoms with E-state index in [9.17, 15) is 9.59 Å². The summed E-state index contributed by atoms with van der Waals surface area (Å²) >= 11 is 0. The number of carbonyl (C=O) groups is 2. The van der Waals surface area contributed by atoms with Crippen molar-refractivity contribution in [1.29, 1.82) is 0 Å². The van der Waals surface area contributed by atoms with E-state index in [0.29, 0.717) is 12.2 Å². The van der Waals surface area contributed by atoms with Crippen LogP contribution in [0.15, 0.2) is 24.8 Å². The van der Waals surface area contributed by atoms with Gasteiger partial charge < -0.3 is 27.2 Å². The lowest BCUT2D eigenvalue weighted by molar-refractivity contribution is -0.836. The predicted molar refractivity (Wildman–Crippen MR) is 68.0 cm³/mol. The number of hydrogen-bond acceptors (Lipinski definition) is 3. The van der Waals surface area contributed by atoms with Crippen molar-refractivity contribution in [3.63, 3.8) is 0 Å². The molecule has 0 radical (unpaired) electrons. The fourth-order valence-electron chi connectivity index (χ4n) is 0.254. The van der Waals surface area contributed by atoms with Crippen molar-refractivity contribution in [3.05, 3.63) is 24.8 Å². The first kappa shape index (κ1) is 25.5. The van der Waals surface area contributed by atoms with Gasteiger partial charge in [-0.15, -0.1) is 0 Å². The van der Waals surface area contributed by atoms with Crippen molar-refractivity contribution >= 4 is 11.9 Å². The summed E-state index contributed by atoms with van der Waals surface area (Å²) < 4.78 is 4.56. The van der Waals surface area contributed by atoms with Crippen LogP contribution in [0.2, 0.25) is 0 Å². The van der Waals surface area contributed by atoms with Crippen LogP contribution in [-0.2, 0) is 14.3 Å². The van der Waals surface area contributed by atoms with Crippen LogP contribution in [0.1, 0.15) is 13.8 Å². The van der Waals surface area contributed by atoms with Gasteiger partial charge in [-0.3, -0.25) is 0 Å². The van der Waals surface area contributed by atoms with E-state index < -0.39 is 5.97 Å². The molecule has 0 saturated heterocycles. The molecule has 0 saturated carbocycles. The average molecular weight is 282 g/mol. The van der Waals surface area contributed by atoms with E-state index >= 15 is 0 Å². The van der Waals surface area contributed by atoms with Gasteiger partial charge in [-0.1, -0.05) is 13.2 Å². The molecule has 0 aromatic rings. The number of aliphatic carboxylic acids is 1. The second-order valence-electron chi connectivity index (χ2n) is 3.54. The normalized spacial score (nSPS) is 7.44. The maximum atomic E-state index is 10.4. The number of halogens is 1. The van der Waals surface area contributed by atoms with Crippen LogP contribution in [0, 0.1) is 0 Å². The first-order valence-corrected chi connectivity index (χ1v) is 5.13. The number of esters is 1.